The van der Waals surface area contributed by atoms with Crippen molar-refractivity contribution in [2.75, 3.05) is 19.6 Å². The number of halogens is 1. The summed E-state index contributed by atoms with van der Waals surface area (Å²) in [6.07, 6.45) is 2.26. The number of likely N-dealkylation sites (N-methyl/N-ethyl adjacent to an activating group) is 1. The second-order valence-electron chi connectivity index (χ2n) is 6.16. The van der Waals surface area contributed by atoms with Gasteiger partial charge in [0.25, 0.3) is 0 Å². The first-order chi connectivity index (χ1) is 9.95. The van der Waals surface area contributed by atoms with E-state index in [2.05, 4.69) is 91.7 Å². The summed E-state index contributed by atoms with van der Waals surface area (Å²) in [6, 6.07) is 9.41. The standard InChI is InChI=1S/C18H31IN2/c1-6-13-20-17(18(4,5)21(7-2)8-3)14-15-9-11-16(19)12-10-15/h9-12,17,20H,6-8,13-14H2,1-5H3. The summed E-state index contributed by atoms with van der Waals surface area (Å²) in [5, 5.41) is 3.78. The largest absolute Gasteiger partial charge is 0.312 e. The van der Waals surface area contributed by atoms with Crippen LogP contribution in [0.4, 0.5) is 0 Å². The van der Waals surface area contributed by atoms with Gasteiger partial charge in [-0.05, 0) is 86.6 Å². The van der Waals surface area contributed by atoms with Crippen LogP contribution in [-0.2, 0) is 6.42 Å². The minimum atomic E-state index is 0.154. The maximum absolute atomic E-state index is 3.78. The van der Waals surface area contributed by atoms with Crippen LogP contribution in [-0.4, -0.2) is 36.1 Å². The summed E-state index contributed by atoms with van der Waals surface area (Å²) < 4.78 is 1.30. The Hall–Kier alpha value is -0.130. The van der Waals surface area contributed by atoms with Crippen LogP contribution in [0, 0.1) is 3.57 Å². The monoisotopic (exact) mass is 402 g/mol. The fraction of sp³-hybridized carbons (Fsp3) is 0.667. The molecule has 0 spiro atoms. The molecule has 1 rings (SSSR count). The van der Waals surface area contributed by atoms with Crippen molar-refractivity contribution in [3.63, 3.8) is 0 Å². The molecule has 0 heterocycles. The zero-order chi connectivity index (χ0) is 15.9. The lowest BCUT2D eigenvalue weighted by Crippen LogP contribution is -2.58. The molecule has 0 aromatic heterocycles. The minimum absolute atomic E-state index is 0.154. The fourth-order valence-electron chi connectivity index (χ4n) is 3.01. The number of hydrogen-bond acceptors (Lipinski definition) is 2. The summed E-state index contributed by atoms with van der Waals surface area (Å²) in [6.45, 7) is 14.8. The summed E-state index contributed by atoms with van der Waals surface area (Å²) in [7, 11) is 0. The van der Waals surface area contributed by atoms with Gasteiger partial charge in [-0.15, -0.1) is 0 Å². The first-order valence-electron chi connectivity index (χ1n) is 8.18. The highest BCUT2D eigenvalue weighted by molar-refractivity contribution is 14.1. The molecule has 0 amide bonds. The Labute approximate surface area is 144 Å². The quantitative estimate of drug-likeness (QED) is 0.619. The van der Waals surface area contributed by atoms with Crippen LogP contribution in [0.25, 0.3) is 0 Å². The molecule has 2 nitrogen and oxygen atoms in total. The zero-order valence-electron chi connectivity index (χ0n) is 14.2. The number of hydrogen-bond donors (Lipinski definition) is 1. The van der Waals surface area contributed by atoms with Crippen molar-refractivity contribution in [1.82, 2.24) is 10.2 Å². The third kappa shape index (κ3) is 5.53. The molecule has 0 radical (unpaired) electrons. The molecule has 0 aliphatic heterocycles. The number of benzene rings is 1. The van der Waals surface area contributed by atoms with E-state index in [1.165, 1.54) is 15.6 Å². The number of nitrogens with one attached hydrogen (secondary N) is 1. The second-order valence-corrected chi connectivity index (χ2v) is 7.41. The molecule has 21 heavy (non-hydrogen) atoms. The molecule has 0 aliphatic rings. The molecule has 1 aromatic rings. The molecule has 0 aliphatic carbocycles. The molecule has 1 N–H and O–H groups in total. The topological polar surface area (TPSA) is 15.3 Å². The van der Waals surface area contributed by atoms with Crippen molar-refractivity contribution in [3.8, 4) is 0 Å². The Morgan fingerprint density at radius 1 is 1.10 bits per heavy atom. The van der Waals surface area contributed by atoms with Crippen molar-refractivity contribution in [2.24, 2.45) is 0 Å². The van der Waals surface area contributed by atoms with E-state index in [-0.39, 0.29) is 5.54 Å². The van der Waals surface area contributed by atoms with E-state index in [0.29, 0.717) is 6.04 Å². The normalized spacial score (nSPS) is 13.7. The highest BCUT2D eigenvalue weighted by atomic mass is 127. The Kier molecular flexibility index (Phi) is 8.21. The average molecular weight is 402 g/mol. The van der Waals surface area contributed by atoms with Crippen molar-refractivity contribution in [2.45, 2.75) is 59.0 Å². The van der Waals surface area contributed by atoms with Gasteiger partial charge in [0.15, 0.2) is 0 Å². The van der Waals surface area contributed by atoms with Crippen molar-refractivity contribution in [1.29, 1.82) is 0 Å². The third-order valence-corrected chi connectivity index (χ3v) is 5.14. The van der Waals surface area contributed by atoms with Crippen molar-refractivity contribution < 1.29 is 0 Å². The maximum Gasteiger partial charge on any atom is 0.0309 e. The zero-order valence-corrected chi connectivity index (χ0v) is 16.4. The van der Waals surface area contributed by atoms with Gasteiger partial charge < -0.3 is 5.32 Å². The summed E-state index contributed by atoms with van der Waals surface area (Å²) in [5.74, 6) is 0. The number of rotatable bonds is 9. The van der Waals surface area contributed by atoms with E-state index < -0.39 is 0 Å². The lowest BCUT2D eigenvalue weighted by molar-refractivity contribution is 0.0911. The lowest BCUT2D eigenvalue weighted by Gasteiger charge is -2.44. The van der Waals surface area contributed by atoms with Gasteiger partial charge in [0.05, 0.1) is 0 Å². The first kappa shape index (κ1) is 18.9. The summed E-state index contributed by atoms with van der Waals surface area (Å²) in [4.78, 5) is 2.56. The van der Waals surface area contributed by atoms with Crippen LogP contribution in [0.2, 0.25) is 0 Å². The van der Waals surface area contributed by atoms with E-state index in [0.717, 1.165) is 26.1 Å². The van der Waals surface area contributed by atoms with Crippen LogP contribution in [0.1, 0.15) is 46.6 Å². The molecule has 0 saturated carbocycles. The Bertz CT molecular complexity index is 396. The maximum atomic E-state index is 3.78. The molecular formula is C18H31IN2. The van der Waals surface area contributed by atoms with Gasteiger partial charge in [0, 0.05) is 15.2 Å². The molecule has 1 aromatic carbocycles. The Balaban J connectivity index is 2.90. The number of nitrogens with zero attached hydrogens (tertiary/aromatic N) is 1. The minimum Gasteiger partial charge on any atom is -0.312 e. The average Bonchev–Trinajstić information content (AvgIpc) is 2.46. The molecule has 1 atom stereocenters. The smallest absolute Gasteiger partial charge is 0.0309 e. The highest BCUT2D eigenvalue weighted by Gasteiger charge is 2.33. The SMILES string of the molecule is CCCNC(Cc1ccc(I)cc1)C(C)(C)N(CC)CC. The Morgan fingerprint density at radius 2 is 1.67 bits per heavy atom. The van der Waals surface area contributed by atoms with Crippen molar-refractivity contribution >= 4 is 22.6 Å². The van der Waals surface area contributed by atoms with Gasteiger partial charge in [0.2, 0.25) is 0 Å². The van der Waals surface area contributed by atoms with Crippen LogP contribution >= 0.6 is 22.6 Å². The molecule has 0 bridgehead atoms. The Morgan fingerprint density at radius 3 is 2.14 bits per heavy atom. The van der Waals surface area contributed by atoms with E-state index in [9.17, 15) is 0 Å². The molecule has 1 unspecified atom stereocenters. The van der Waals surface area contributed by atoms with Crippen LogP contribution in [0.3, 0.4) is 0 Å². The van der Waals surface area contributed by atoms with Crippen LogP contribution in [0.5, 0.6) is 0 Å². The predicted octanol–water partition coefficient (Wildman–Crippen LogP) is 4.32. The molecule has 0 fully saturated rings. The van der Waals surface area contributed by atoms with Gasteiger partial charge in [-0.3, -0.25) is 4.90 Å². The van der Waals surface area contributed by atoms with E-state index in [1.54, 1.807) is 0 Å². The third-order valence-electron chi connectivity index (χ3n) is 4.43. The van der Waals surface area contributed by atoms with Gasteiger partial charge in [-0.1, -0.05) is 32.9 Å². The van der Waals surface area contributed by atoms with Gasteiger partial charge in [-0.2, -0.15) is 0 Å². The molecule has 3 heteroatoms. The van der Waals surface area contributed by atoms with Crippen LogP contribution in [0.15, 0.2) is 24.3 Å². The molecule has 0 saturated heterocycles. The van der Waals surface area contributed by atoms with Crippen molar-refractivity contribution in [3.05, 3.63) is 33.4 Å². The summed E-state index contributed by atoms with van der Waals surface area (Å²) in [5.41, 5.74) is 1.58. The fourth-order valence-corrected chi connectivity index (χ4v) is 3.37. The van der Waals surface area contributed by atoms with E-state index in [1.807, 2.05) is 0 Å². The van der Waals surface area contributed by atoms with E-state index >= 15 is 0 Å². The van der Waals surface area contributed by atoms with E-state index in [4.69, 9.17) is 0 Å². The van der Waals surface area contributed by atoms with Crippen LogP contribution < -0.4 is 5.32 Å². The first-order valence-corrected chi connectivity index (χ1v) is 9.26. The van der Waals surface area contributed by atoms with Gasteiger partial charge in [-0.25, -0.2) is 0 Å². The second kappa shape index (κ2) is 9.11. The lowest BCUT2D eigenvalue weighted by atomic mass is 9.87. The molecule has 120 valence electrons. The van der Waals surface area contributed by atoms with Gasteiger partial charge >= 0.3 is 0 Å². The van der Waals surface area contributed by atoms with Gasteiger partial charge in [0.1, 0.15) is 0 Å². The summed E-state index contributed by atoms with van der Waals surface area (Å²) >= 11 is 2.37. The highest BCUT2D eigenvalue weighted by Crippen LogP contribution is 2.22. The molecular weight excluding hydrogens is 371 g/mol. The predicted molar refractivity (Wildman–Crippen MR) is 102 cm³/mol.